The van der Waals surface area contributed by atoms with Crippen LogP contribution in [0.1, 0.15) is 11.6 Å². The number of benzene rings is 1. The summed E-state index contributed by atoms with van der Waals surface area (Å²) in [5.41, 5.74) is 1.09. The molecule has 2 aromatic rings. The summed E-state index contributed by atoms with van der Waals surface area (Å²) in [4.78, 5) is 2.28. The van der Waals surface area contributed by atoms with E-state index in [0.717, 1.165) is 18.7 Å². The minimum Gasteiger partial charge on any atom is -0.492 e. The van der Waals surface area contributed by atoms with E-state index in [2.05, 4.69) is 10.00 Å². The molecule has 2 atom stereocenters. The smallest absolute Gasteiger partial charge is 0.123 e. The van der Waals surface area contributed by atoms with E-state index in [1.54, 1.807) is 16.8 Å². The Bertz CT molecular complexity index is 674. The molecule has 0 aliphatic carbocycles. The van der Waals surface area contributed by atoms with E-state index >= 15 is 0 Å². The van der Waals surface area contributed by atoms with Gasteiger partial charge in [0, 0.05) is 60.2 Å². The van der Waals surface area contributed by atoms with Gasteiger partial charge in [0.2, 0.25) is 0 Å². The van der Waals surface area contributed by atoms with E-state index in [9.17, 15) is 8.60 Å². The molecule has 23 heavy (non-hydrogen) atoms. The maximum Gasteiger partial charge on any atom is 0.123 e. The Morgan fingerprint density at radius 2 is 2.17 bits per heavy atom. The van der Waals surface area contributed by atoms with Gasteiger partial charge in [-0.3, -0.25) is 13.8 Å². The summed E-state index contributed by atoms with van der Waals surface area (Å²) in [6, 6.07) is 6.13. The second-order valence-corrected chi connectivity index (χ2v) is 7.23. The number of ether oxygens (including phenoxy) is 1. The van der Waals surface area contributed by atoms with Crippen LogP contribution in [0.3, 0.4) is 0 Å². The third-order valence-electron chi connectivity index (χ3n) is 3.96. The minimum absolute atomic E-state index is 0.107. The molecule has 0 radical (unpaired) electrons. The Morgan fingerprint density at radius 1 is 1.39 bits per heavy atom. The fourth-order valence-electron chi connectivity index (χ4n) is 2.74. The van der Waals surface area contributed by atoms with Crippen LogP contribution in [-0.2, 0) is 17.8 Å². The number of rotatable bonds is 5. The minimum atomic E-state index is -0.788. The van der Waals surface area contributed by atoms with Crippen molar-refractivity contribution in [1.82, 2.24) is 14.7 Å². The summed E-state index contributed by atoms with van der Waals surface area (Å²) in [5, 5.41) is 4.21. The van der Waals surface area contributed by atoms with Gasteiger partial charge >= 0.3 is 0 Å². The molecule has 1 fully saturated rings. The molecule has 0 spiro atoms. The van der Waals surface area contributed by atoms with E-state index in [0.29, 0.717) is 23.9 Å². The van der Waals surface area contributed by atoms with Crippen LogP contribution in [0.25, 0.3) is 0 Å². The van der Waals surface area contributed by atoms with E-state index in [1.807, 2.05) is 19.4 Å². The molecule has 0 saturated carbocycles. The maximum atomic E-state index is 12.9. The molecule has 7 heteroatoms. The Kier molecular flexibility index (Phi) is 5.07. The summed E-state index contributed by atoms with van der Waals surface area (Å²) in [5.74, 6) is 1.70. The molecule has 1 aliphatic heterocycles. The number of aromatic nitrogens is 2. The number of hydrogen-bond acceptors (Lipinski definition) is 4. The highest BCUT2D eigenvalue weighted by Crippen LogP contribution is 2.24. The van der Waals surface area contributed by atoms with Crippen LogP contribution >= 0.6 is 0 Å². The fourth-order valence-corrected chi connectivity index (χ4v) is 4.10. The van der Waals surface area contributed by atoms with Gasteiger partial charge in [0.05, 0.1) is 6.20 Å². The van der Waals surface area contributed by atoms with Crippen molar-refractivity contribution in [3.8, 4) is 5.75 Å². The zero-order valence-corrected chi connectivity index (χ0v) is 13.8. The van der Waals surface area contributed by atoms with Crippen LogP contribution < -0.4 is 4.74 Å². The lowest BCUT2D eigenvalue weighted by molar-refractivity contribution is 0.173. The zero-order chi connectivity index (χ0) is 16.2. The van der Waals surface area contributed by atoms with E-state index in [-0.39, 0.29) is 11.9 Å². The zero-order valence-electron chi connectivity index (χ0n) is 13.0. The summed E-state index contributed by atoms with van der Waals surface area (Å²) in [6.07, 6.45) is 3.81. The molecular formula is C16H20FN3O2S. The predicted molar refractivity (Wildman–Crippen MR) is 87.3 cm³/mol. The van der Waals surface area contributed by atoms with E-state index in [4.69, 9.17) is 4.74 Å². The lowest BCUT2D eigenvalue weighted by Crippen LogP contribution is -2.42. The van der Waals surface area contributed by atoms with E-state index < -0.39 is 10.8 Å². The lowest BCUT2D eigenvalue weighted by Gasteiger charge is -2.34. The molecule has 3 rings (SSSR count). The molecule has 0 N–H and O–H groups in total. The third-order valence-corrected chi connectivity index (χ3v) is 5.29. The lowest BCUT2D eigenvalue weighted by atomic mass is 10.1. The topological polar surface area (TPSA) is 47.4 Å². The summed E-state index contributed by atoms with van der Waals surface area (Å²) in [6.45, 7) is 2.02. The molecule has 0 amide bonds. The van der Waals surface area contributed by atoms with Gasteiger partial charge in [0.1, 0.15) is 18.2 Å². The Labute approximate surface area is 137 Å². The van der Waals surface area contributed by atoms with Gasteiger partial charge in [-0.15, -0.1) is 0 Å². The summed E-state index contributed by atoms with van der Waals surface area (Å²) >= 11 is 0. The first-order chi connectivity index (χ1) is 11.1. The highest BCUT2D eigenvalue weighted by atomic mass is 32.2. The van der Waals surface area contributed by atoms with Gasteiger partial charge in [-0.25, -0.2) is 4.39 Å². The van der Waals surface area contributed by atoms with Gasteiger partial charge in [-0.1, -0.05) is 0 Å². The Balaban J connectivity index is 1.60. The maximum absolute atomic E-state index is 12.9. The van der Waals surface area contributed by atoms with Crippen LogP contribution in [0.2, 0.25) is 0 Å². The third kappa shape index (κ3) is 4.17. The monoisotopic (exact) mass is 337 g/mol. The van der Waals surface area contributed by atoms with Crippen LogP contribution in [0.15, 0.2) is 36.7 Å². The van der Waals surface area contributed by atoms with Crippen LogP contribution in [0.4, 0.5) is 4.39 Å². The number of hydrogen-bond donors (Lipinski definition) is 0. The SMILES string of the molecule is Cn1cc([C@H]2C[S@@](=O)CCN2CCOc2ccc(F)cc2)cn1. The number of halogens is 1. The molecular weight excluding hydrogens is 317 g/mol. The molecule has 1 aromatic heterocycles. The molecule has 1 aliphatic rings. The quantitative estimate of drug-likeness (QED) is 0.834. The molecule has 124 valence electrons. The second-order valence-electron chi connectivity index (χ2n) is 5.61. The van der Waals surface area contributed by atoms with Crippen molar-refractivity contribution in [1.29, 1.82) is 0 Å². The van der Waals surface area contributed by atoms with Gasteiger partial charge in [0.15, 0.2) is 0 Å². The summed E-state index contributed by atoms with van der Waals surface area (Å²) < 4.78 is 32.2. The first-order valence-corrected chi connectivity index (χ1v) is 9.06. The van der Waals surface area contributed by atoms with Crippen molar-refractivity contribution in [2.75, 3.05) is 31.2 Å². The molecule has 1 saturated heterocycles. The largest absolute Gasteiger partial charge is 0.492 e. The van der Waals surface area contributed by atoms with Crippen molar-refractivity contribution in [3.63, 3.8) is 0 Å². The number of aryl methyl sites for hydroxylation is 1. The first-order valence-electron chi connectivity index (χ1n) is 7.58. The molecule has 0 bridgehead atoms. The average molecular weight is 337 g/mol. The highest BCUT2D eigenvalue weighted by Gasteiger charge is 2.28. The number of nitrogens with zero attached hydrogens (tertiary/aromatic N) is 3. The second kappa shape index (κ2) is 7.23. The predicted octanol–water partition coefficient (Wildman–Crippen LogP) is 1.74. The van der Waals surface area contributed by atoms with Crippen molar-refractivity contribution in [2.24, 2.45) is 7.05 Å². The molecule has 0 unspecified atom stereocenters. The van der Waals surface area contributed by atoms with Crippen LogP contribution in [-0.4, -0.2) is 50.1 Å². The van der Waals surface area contributed by atoms with Gasteiger partial charge in [-0.05, 0) is 24.3 Å². The molecule has 5 nitrogen and oxygen atoms in total. The Hall–Kier alpha value is -1.73. The van der Waals surface area contributed by atoms with Crippen molar-refractivity contribution in [2.45, 2.75) is 6.04 Å². The first kappa shape index (κ1) is 16.1. The van der Waals surface area contributed by atoms with E-state index in [1.165, 1.54) is 12.1 Å². The highest BCUT2D eigenvalue weighted by molar-refractivity contribution is 7.85. The van der Waals surface area contributed by atoms with Gasteiger partial charge in [-0.2, -0.15) is 5.10 Å². The van der Waals surface area contributed by atoms with Crippen molar-refractivity contribution < 1.29 is 13.3 Å². The van der Waals surface area contributed by atoms with Crippen molar-refractivity contribution in [3.05, 3.63) is 48.0 Å². The van der Waals surface area contributed by atoms with Crippen LogP contribution in [0.5, 0.6) is 5.75 Å². The summed E-state index contributed by atoms with van der Waals surface area (Å²) in [7, 11) is 1.09. The van der Waals surface area contributed by atoms with Crippen molar-refractivity contribution >= 4 is 10.8 Å². The normalized spacial score (nSPS) is 22.2. The van der Waals surface area contributed by atoms with Gasteiger partial charge < -0.3 is 4.74 Å². The average Bonchev–Trinajstić information content (AvgIpc) is 2.97. The fraction of sp³-hybridized carbons (Fsp3) is 0.438. The molecule has 2 heterocycles. The molecule has 1 aromatic carbocycles. The van der Waals surface area contributed by atoms with Crippen LogP contribution in [0, 0.1) is 5.82 Å². The standard InChI is InChI=1S/C16H20FN3O2S/c1-19-11-13(10-18-19)16-12-23(21)9-7-20(16)6-8-22-15-4-2-14(17)3-5-15/h2-5,10-11,16H,6-9,12H2,1H3/t16-,23+/m1/s1. The Morgan fingerprint density at radius 3 is 2.87 bits per heavy atom. The van der Waals surface area contributed by atoms with Gasteiger partial charge in [0.25, 0.3) is 0 Å².